The zero-order valence-corrected chi connectivity index (χ0v) is 13.1. The van der Waals surface area contributed by atoms with Gasteiger partial charge in [-0.15, -0.1) is 0 Å². The Morgan fingerprint density at radius 3 is 2.86 bits per heavy atom. The van der Waals surface area contributed by atoms with Gasteiger partial charge < -0.3 is 9.84 Å². The first kappa shape index (κ1) is 15.5. The van der Waals surface area contributed by atoms with Crippen LogP contribution in [0.3, 0.4) is 0 Å². The minimum Gasteiger partial charge on any atom is -0.468 e. The van der Waals surface area contributed by atoms with Crippen LogP contribution >= 0.6 is 0 Å². The van der Waals surface area contributed by atoms with Crippen molar-refractivity contribution in [1.82, 2.24) is 9.80 Å². The maximum Gasteiger partial charge on any atom is 0.319 e. The highest BCUT2D eigenvalue weighted by Crippen LogP contribution is 2.34. The molecule has 0 spiro atoms. The van der Waals surface area contributed by atoms with Crippen LogP contribution in [0.15, 0.2) is 24.3 Å². The summed E-state index contributed by atoms with van der Waals surface area (Å²) in [6.45, 7) is 3.95. The summed E-state index contributed by atoms with van der Waals surface area (Å²) in [7, 11) is 1.43. The number of nitrogens with zero attached hydrogens (tertiary/aromatic N) is 2. The van der Waals surface area contributed by atoms with Gasteiger partial charge in [0.25, 0.3) is 0 Å². The Balaban J connectivity index is 1.62. The normalized spacial score (nSPS) is 26.5. The van der Waals surface area contributed by atoms with Crippen LogP contribution in [0.2, 0.25) is 0 Å². The van der Waals surface area contributed by atoms with E-state index in [4.69, 9.17) is 4.74 Å². The first-order chi connectivity index (χ1) is 10.7. The molecule has 1 N–H and O–H groups in total. The number of methoxy groups -OCH3 is 1. The number of fused-ring (bicyclic) bond motifs is 1. The largest absolute Gasteiger partial charge is 0.468 e. The van der Waals surface area contributed by atoms with E-state index in [1.807, 2.05) is 18.2 Å². The highest BCUT2D eigenvalue weighted by molar-refractivity contribution is 5.71. The molecule has 1 aromatic rings. The molecule has 1 aliphatic carbocycles. The maximum absolute atomic E-state index is 11.4. The maximum atomic E-state index is 11.4. The van der Waals surface area contributed by atoms with Gasteiger partial charge in [0.05, 0.1) is 19.8 Å². The Hall–Kier alpha value is -1.43. The van der Waals surface area contributed by atoms with Gasteiger partial charge in [-0.2, -0.15) is 0 Å². The Labute approximate surface area is 131 Å². The molecule has 0 radical (unpaired) electrons. The lowest BCUT2D eigenvalue weighted by atomic mass is 10.1. The fourth-order valence-electron chi connectivity index (χ4n) is 3.61. The van der Waals surface area contributed by atoms with Crippen molar-refractivity contribution in [1.29, 1.82) is 0 Å². The van der Waals surface area contributed by atoms with E-state index < -0.39 is 6.10 Å². The van der Waals surface area contributed by atoms with E-state index in [1.165, 1.54) is 12.7 Å². The van der Waals surface area contributed by atoms with Crippen LogP contribution in [0.1, 0.15) is 23.7 Å². The SMILES string of the molecule is COC(=O)CN1CCCN(C2Cc3ccccc3C2O)CC1. The summed E-state index contributed by atoms with van der Waals surface area (Å²) in [6.07, 6.45) is 1.52. The Morgan fingerprint density at radius 2 is 2.09 bits per heavy atom. The van der Waals surface area contributed by atoms with Crippen molar-refractivity contribution in [2.75, 3.05) is 39.8 Å². The molecule has 1 saturated heterocycles. The number of aliphatic hydroxyl groups is 1. The second-order valence-corrected chi connectivity index (χ2v) is 6.16. The highest BCUT2D eigenvalue weighted by Gasteiger charge is 2.35. The second-order valence-electron chi connectivity index (χ2n) is 6.16. The minimum absolute atomic E-state index is 0.162. The van der Waals surface area contributed by atoms with E-state index in [2.05, 4.69) is 15.9 Å². The lowest BCUT2D eigenvalue weighted by Gasteiger charge is -2.30. The smallest absolute Gasteiger partial charge is 0.319 e. The molecule has 1 fully saturated rings. The van der Waals surface area contributed by atoms with Gasteiger partial charge in [-0.3, -0.25) is 14.6 Å². The van der Waals surface area contributed by atoms with Gasteiger partial charge in [0.15, 0.2) is 0 Å². The number of carbonyl (C=O) groups is 1. The lowest BCUT2D eigenvalue weighted by Crippen LogP contribution is -2.41. The van der Waals surface area contributed by atoms with Crippen molar-refractivity contribution in [2.45, 2.75) is 25.0 Å². The molecule has 5 heteroatoms. The summed E-state index contributed by atoms with van der Waals surface area (Å²) in [5.74, 6) is -0.179. The van der Waals surface area contributed by atoms with E-state index in [-0.39, 0.29) is 12.0 Å². The highest BCUT2D eigenvalue weighted by atomic mass is 16.5. The topological polar surface area (TPSA) is 53.0 Å². The number of aliphatic hydroxyl groups excluding tert-OH is 1. The molecule has 1 aromatic carbocycles. The molecule has 0 aromatic heterocycles. The van der Waals surface area contributed by atoms with Crippen molar-refractivity contribution < 1.29 is 14.6 Å². The van der Waals surface area contributed by atoms with E-state index in [0.717, 1.165) is 44.6 Å². The van der Waals surface area contributed by atoms with E-state index in [0.29, 0.717) is 6.54 Å². The quantitative estimate of drug-likeness (QED) is 0.838. The third-order valence-electron chi connectivity index (χ3n) is 4.84. The monoisotopic (exact) mass is 304 g/mol. The molecule has 2 atom stereocenters. The van der Waals surface area contributed by atoms with Gasteiger partial charge in [-0.05, 0) is 30.5 Å². The van der Waals surface area contributed by atoms with Crippen molar-refractivity contribution in [2.24, 2.45) is 0 Å². The van der Waals surface area contributed by atoms with Gasteiger partial charge in [0.1, 0.15) is 0 Å². The first-order valence-electron chi connectivity index (χ1n) is 7.98. The Kier molecular flexibility index (Phi) is 4.76. The average Bonchev–Trinajstić information content (AvgIpc) is 2.72. The van der Waals surface area contributed by atoms with Crippen LogP contribution in [-0.4, -0.2) is 66.8 Å². The third-order valence-corrected chi connectivity index (χ3v) is 4.84. The fourth-order valence-corrected chi connectivity index (χ4v) is 3.61. The number of hydrogen-bond acceptors (Lipinski definition) is 5. The summed E-state index contributed by atoms with van der Waals surface area (Å²) >= 11 is 0. The molecule has 5 nitrogen and oxygen atoms in total. The molecule has 2 unspecified atom stereocenters. The molecule has 0 bridgehead atoms. The Morgan fingerprint density at radius 1 is 1.27 bits per heavy atom. The second kappa shape index (κ2) is 6.77. The molecular formula is C17H24N2O3. The van der Waals surface area contributed by atoms with Crippen LogP contribution in [0, 0.1) is 0 Å². The van der Waals surface area contributed by atoms with Crippen LogP contribution in [0.25, 0.3) is 0 Å². The zero-order valence-electron chi connectivity index (χ0n) is 13.1. The van der Waals surface area contributed by atoms with Crippen LogP contribution in [0.4, 0.5) is 0 Å². The molecule has 0 saturated carbocycles. The van der Waals surface area contributed by atoms with Gasteiger partial charge in [-0.1, -0.05) is 24.3 Å². The first-order valence-corrected chi connectivity index (χ1v) is 7.98. The fraction of sp³-hybridized carbons (Fsp3) is 0.588. The predicted molar refractivity (Wildman–Crippen MR) is 83.5 cm³/mol. The lowest BCUT2D eigenvalue weighted by molar-refractivity contribution is -0.141. The summed E-state index contributed by atoms with van der Waals surface area (Å²) in [5.41, 5.74) is 2.33. The Bertz CT molecular complexity index is 534. The van der Waals surface area contributed by atoms with Gasteiger partial charge >= 0.3 is 5.97 Å². The molecule has 120 valence electrons. The number of esters is 1. The average molecular weight is 304 g/mol. The van der Waals surface area contributed by atoms with Gasteiger partial charge in [0, 0.05) is 25.7 Å². The molecule has 22 heavy (non-hydrogen) atoms. The minimum atomic E-state index is -0.400. The van der Waals surface area contributed by atoms with Crippen molar-refractivity contribution in [3.63, 3.8) is 0 Å². The number of rotatable bonds is 3. The van der Waals surface area contributed by atoms with Crippen LogP contribution < -0.4 is 0 Å². The molecule has 2 aliphatic rings. The predicted octanol–water partition coefficient (Wildman–Crippen LogP) is 0.825. The van der Waals surface area contributed by atoms with Gasteiger partial charge in [-0.25, -0.2) is 0 Å². The summed E-state index contributed by atoms with van der Waals surface area (Å²) in [5, 5.41) is 10.6. The van der Waals surface area contributed by atoms with Gasteiger partial charge in [0.2, 0.25) is 0 Å². The summed E-state index contributed by atoms with van der Waals surface area (Å²) in [4.78, 5) is 15.9. The van der Waals surface area contributed by atoms with Crippen molar-refractivity contribution in [3.05, 3.63) is 35.4 Å². The van der Waals surface area contributed by atoms with E-state index in [1.54, 1.807) is 0 Å². The number of ether oxygens (including phenoxy) is 1. The van der Waals surface area contributed by atoms with Crippen LogP contribution in [-0.2, 0) is 16.0 Å². The van der Waals surface area contributed by atoms with Crippen LogP contribution in [0.5, 0.6) is 0 Å². The van der Waals surface area contributed by atoms with Crippen molar-refractivity contribution >= 4 is 5.97 Å². The number of carbonyl (C=O) groups excluding carboxylic acids is 1. The molecular weight excluding hydrogens is 280 g/mol. The standard InChI is InChI=1S/C17H24N2O3/c1-22-16(20)12-18-7-4-8-19(10-9-18)15-11-13-5-2-3-6-14(13)17(15)21/h2-3,5-6,15,17,21H,4,7-12H2,1H3. The van der Waals surface area contributed by atoms with Crippen molar-refractivity contribution in [3.8, 4) is 0 Å². The number of hydrogen-bond donors (Lipinski definition) is 1. The molecule has 3 rings (SSSR count). The number of benzene rings is 1. The summed E-state index contributed by atoms with van der Waals surface area (Å²) < 4.78 is 4.75. The molecule has 1 aliphatic heterocycles. The van der Waals surface area contributed by atoms with E-state index >= 15 is 0 Å². The molecule has 0 amide bonds. The summed E-state index contributed by atoms with van der Waals surface area (Å²) in [6, 6.07) is 8.33. The zero-order chi connectivity index (χ0) is 15.5. The molecule has 1 heterocycles. The third kappa shape index (κ3) is 3.16. The van der Waals surface area contributed by atoms with E-state index in [9.17, 15) is 9.90 Å².